The zero-order valence-corrected chi connectivity index (χ0v) is 12.2. The third-order valence-electron chi connectivity index (χ3n) is 3.96. The quantitative estimate of drug-likeness (QED) is 0.846. The Morgan fingerprint density at radius 3 is 2.55 bits per heavy atom. The van der Waals surface area contributed by atoms with Crippen LogP contribution in [0.15, 0.2) is 30.3 Å². The van der Waals surface area contributed by atoms with Gasteiger partial charge in [0.15, 0.2) is 0 Å². The molecular weight excluding hydrogens is 254 g/mol. The van der Waals surface area contributed by atoms with Gasteiger partial charge in [-0.2, -0.15) is 0 Å². The van der Waals surface area contributed by atoms with E-state index in [9.17, 15) is 9.59 Å². The number of ether oxygens (including phenoxy) is 1. The second kappa shape index (κ2) is 6.07. The highest BCUT2D eigenvalue weighted by atomic mass is 16.6. The predicted octanol–water partition coefficient (Wildman–Crippen LogP) is 3.39. The van der Waals surface area contributed by atoms with E-state index in [1.165, 1.54) is 4.90 Å². The molecule has 1 aliphatic rings. The SMILES string of the molecule is CC(C)[C@H](C)CC(=O)N1C(=O)OC[C@H]1c1ccccc1. The van der Waals surface area contributed by atoms with E-state index in [1.54, 1.807) is 0 Å². The van der Waals surface area contributed by atoms with Crippen molar-refractivity contribution in [2.45, 2.75) is 33.2 Å². The van der Waals surface area contributed by atoms with Gasteiger partial charge in [0.05, 0.1) is 0 Å². The zero-order valence-electron chi connectivity index (χ0n) is 12.2. The number of cyclic esters (lactones) is 1. The fraction of sp³-hybridized carbons (Fsp3) is 0.500. The fourth-order valence-electron chi connectivity index (χ4n) is 2.23. The number of carbonyl (C=O) groups is 2. The van der Waals surface area contributed by atoms with Gasteiger partial charge in [-0.1, -0.05) is 51.1 Å². The van der Waals surface area contributed by atoms with Crippen LogP contribution in [0, 0.1) is 11.8 Å². The highest BCUT2D eigenvalue weighted by Crippen LogP contribution is 2.29. The number of carbonyl (C=O) groups excluding carboxylic acids is 2. The second-order valence-electron chi connectivity index (χ2n) is 5.69. The van der Waals surface area contributed by atoms with Crippen LogP contribution >= 0.6 is 0 Å². The lowest BCUT2D eigenvalue weighted by atomic mass is 9.94. The van der Waals surface area contributed by atoms with E-state index in [1.807, 2.05) is 37.3 Å². The first kappa shape index (κ1) is 14.6. The molecule has 2 amide bonds. The minimum Gasteiger partial charge on any atom is -0.446 e. The highest BCUT2D eigenvalue weighted by molar-refractivity contribution is 5.93. The maximum atomic E-state index is 12.4. The van der Waals surface area contributed by atoms with Crippen LogP contribution in [-0.4, -0.2) is 23.5 Å². The Morgan fingerprint density at radius 1 is 1.30 bits per heavy atom. The van der Waals surface area contributed by atoms with Gasteiger partial charge in [0.2, 0.25) is 5.91 Å². The molecule has 1 fully saturated rings. The smallest absolute Gasteiger partial charge is 0.417 e. The van der Waals surface area contributed by atoms with Crippen LogP contribution < -0.4 is 0 Å². The summed E-state index contributed by atoms with van der Waals surface area (Å²) in [6, 6.07) is 9.25. The van der Waals surface area contributed by atoms with Crippen LogP contribution in [0.3, 0.4) is 0 Å². The number of benzene rings is 1. The van der Waals surface area contributed by atoms with E-state index in [2.05, 4.69) is 13.8 Å². The first-order chi connectivity index (χ1) is 9.50. The van der Waals surface area contributed by atoms with Crippen LogP contribution in [0.4, 0.5) is 4.79 Å². The Morgan fingerprint density at radius 2 is 1.95 bits per heavy atom. The first-order valence-electron chi connectivity index (χ1n) is 7.04. The average Bonchev–Trinajstić information content (AvgIpc) is 2.81. The lowest BCUT2D eigenvalue weighted by Gasteiger charge is -2.22. The topological polar surface area (TPSA) is 46.6 Å². The molecule has 0 spiro atoms. The van der Waals surface area contributed by atoms with Crippen molar-refractivity contribution in [2.24, 2.45) is 11.8 Å². The van der Waals surface area contributed by atoms with E-state index in [-0.39, 0.29) is 24.5 Å². The van der Waals surface area contributed by atoms with Gasteiger partial charge in [0, 0.05) is 6.42 Å². The van der Waals surface area contributed by atoms with Gasteiger partial charge in [0.25, 0.3) is 0 Å². The van der Waals surface area contributed by atoms with E-state index in [0.717, 1.165) is 5.56 Å². The molecule has 1 aromatic rings. The molecular formula is C16H21NO3. The molecule has 0 aliphatic carbocycles. The van der Waals surface area contributed by atoms with Crippen molar-refractivity contribution >= 4 is 12.0 Å². The monoisotopic (exact) mass is 275 g/mol. The Kier molecular flexibility index (Phi) is 4.42. The summed E-state index contributed by atoms with van der Waals surface area (Å²) in [6.07, 6.45) is -0.157. The van der Waals surface area contributed by atoms with Crippen LogP contribution in [0.2, 0.25) is 0 Å². The molecule has 0 N–H and O–H groups in total. The lowest BCUT2D eigenvalue weighted by Crippen LogP contribution is -2.35. The van der Waals surface area contributed by atoms with Gasteiger partial charge in [0.1, 0.15) is 12.6 Å². The van der Waals surface area contributed by atoms with Gasteiger partial charge < -0.3 is 4.74 Å². The van der Waals surface area contributed by atoms with Crippen molar-refractivity contribution < 1.29 is 14.3 Å². The van der Waals surface area contributed by atoms with E-state index >= 15 is 0 Å². The van der Waals surface area contributed by atoms with Crippen molar-refractivity contribution in [2.75, 3.05) is 6.61 Å². The van der Waals surface area contributed by atoms with Gasteiger partial charge >= 0.3 is 6.09 Å². The molecule has 1 aliphatic heterocycles. The zero-order chi connectivity index (χ0) is 14.7. The third kappa shape index (κ3) is 3.00. The Balaban J connectivity index is 2.15. The summed E-state index contributed by atoms with van der Waals surface area (Å²) >= 11 is 0. The van der Waals surface area contributed by atoms with Gasteiger partial charge in [-0.05, 0) is 17.4 Å². The molecule has 0 unspecified atom stereocenters. The number of imide groups is 1. The van der Waals surface area contributed by atoms with Crippen molar-refractivity contribution in [3.8, 4) is 0 Å². The van der Waals surface area contributed by atoms with Crippen LogP contribution in [0.1, 0.15) is 38.8 Å². The summed E-state index contributed by atoms with van der Waals surface area (Å²) in [6.45, 7) is 6.43. The van der Waals surface area contributed by atoms with Gasteiger partial charge in [-0.3, -0.25) is 4.79 Å². The second-order valence-corrected chi connectivity index (χ2v) is 5.69. The number of hydrogen-bond donors (Lipinski definition) is 0. The Hall–Kier alpha value is -1.84. The predicted molar refractivity (Wildman–Crippen MR) is 76.0 cm³/mol. The molecule has 1 saturated heterocycles. The van der Waals surface area contributed by atoms with Crippen molar-refractivity contribution in [1.29, 1.82) is 0 Å². The Bertz CT molecular complexity index is 484. The summed E-state index contributed by atoms with van der Waals surface area (Å²) in [5.74, 6) is 0.502. The fourth-order valence-corrected chi connectivity index (χ4v) is 2.23. The van der Waals surface area contributed by atoms with Crippen LogP contribution in [-0.2, 0) is 9.53 Å². The molecule has 0 saturated carbocycles. The van der Waals surface area contributed by atoms with Crippen LogP contribution in [0.25, 0.3) is 0 Å². The maximum absolute atomic E-state index is 12.4. The lowest BCUT2D eigenvalue weighted by molar-refractivity contribution is -0.130. The first-order valence-corrected chi connectivity index (χ1v) is 7.04. The largest absolute Gasteiger partial charge is 0.446 e. The van der Waals surface area contributed by atoms with E-state index in [0.29, 0.717) is 12.3 Å². The molecule has 1 heterocycles. The minimum atomic E-state index is -0.528. The molecule has 108 valence electrons. The van der Waals surface area contributed by atoms with Crippen molar-refractivity contribution in [3.63, 3.8) is 0 Å². The Labute approximate surface area is 119 Å². The number of nitrogens with zero attached hydrogens (tertiary/aromatic N) is 1. The standard InChI is InChI=1S/C16H21NO3/c1-11(2)12(3)9-15(18)17-14(10-20-16(17)19)13-7-5-4-6-8-13/h4-8,11-12,14H,9-10H2,1-3H3/t12-,14+/m1/s1. The average molecular weight is 275 g/mol. The van der Waals surface area contributed by atoms with Gasteiger partial charge in [-0.15, -0.1) is 0 Å². The summed E-state index contributed by atoms with van der Waals surface area (Å²) in [5.41, 5.74) is 0.934. The molecule has 4 nitrogen and oxygen atoms in total. The van der Waals surface area contributed by atoms with Crippen molar-refractivity contribution in [1.82, 2.24) is 4.90 Å². The molecule has 20 heavy (non-hydrogen) atoms. The molecule has 0 radical (unpaired) electrons. The third-order valence-corrected chi connectivity index (χ3v) is 3.96. The van der Waals surface area contributed by atoms with Gasteiger partial charge in [-0.25, -0.2) is 9.69 Å². The normalized spacial score (nSPS) is 20.1. The van der Waals surface area contributed by atoms with E-state index < -0.39 is 6.09 Å². The molecule has 2 atom stereocenters. The maximum Gasteiger partial charge on any atom is 0.417 e. The highest BCUT2D eigenvalue weighted by Gasteiger charge is 2.39. The summed E-state index contributed by atoms with van der Waals surface area (Å²) in [7, 11) is 0. The number of rotatable bonds is 4. The molecule has 0 bridgehead atoms. The molecule has 1 aromatic carbocycles. The van der Waals surface area contributed by atoms with Crippen LogP contribution in [0.5, 0.6) is 0 Å². The molecule has 4 heteroatoms. The number of hydrogen-bond acceptors (Lipinski definition) is 3. The summed E-state index contributed by atoms with van der Waals surface area (Å²) in [4.78, 5) is 25.5. The summed E-state index contributed by atoms with van der Waals surface area (Å²) in [5, 5.41) is 0. The molecule has 0 aromatic heterocycles. The van der Waals surface area contributed by atoms with Crippen molar-refractivity contribution in [3.05, 3.63) is 35.9 Å². The summed E-state index contributed by atoms with van der Waals surface area (Å²) < 4.78 is 5.06. The molecule has 2 rings (SSSR count). The minimum absolute atomic E-state index is 0.150. The van der Waals surface area contributed by atoms with E-state index in [4.69, 9.17) is 4.74 Å². The number of amides is 2.